The van der Waals surface area contributed by atoms with Crippen molar-refractivity contribution in [2.24, 2.45) is 5.92 Å². The number of carbonyl (C=O) groups excluding carboxylic acids is 3. The summed E-state index contributed by atoms with van der Waals surface area (Å²) in [6.45, 7) is 2.12. The number of ketones is 2. The van der Waals surface area contributed by atoms with E-state index in [4.69, 9.17) is 18.9 Å². The zero-order chi connectivity index (χ0) is 21.1. The lowest BCUT2D eigenvalue weighted by molar-refractivity contribution is -0.116. The third kappa shape index (κ3) is 3.85. The Balaban J connectivity index is 2.17. The number of Topliss-reactive ketones (excluding diaryl/α,β-unsaturated/α-hetero) is 2. The molecule has 0 unspecified atom stereocenters. The lowest BCUT2D eigenvalue weighted by Crippen LogP contribution is -2.15. The van der Waals surface area contributed by atoms with Crippen molar-refractivity contribution in [2.45, 2.75) is 19.8 Å². The van der Waals surface area contributed by atoms with E-state index in [-0.39, 0.29) is 39.2 Å². The summed E-state index contributed by atoms with van der Waals surface area (Å²) in [4.78, 5) is 38.3. The molecule has 1 fully saturated rings. The predicted octanol–water partition coefficient (Wildman–Crippen LogP) is 3.79. The summed E-state index contributed by atoms with van der Waals surface area (Å²) in [5, 5.41) is 0.487. The fraction of sp³-hybridized carbons (Fsp3) is 0.381. The first-order valence-corrected chi connectivity index (χ1v) is 9.96. The first-order valence-electron chi connectivity index (χ1n) is 9.14. The average molecular weight is 418 g/mol. The number of hydrogen-bond acceptors (Lipinski definition) is 8. The molecule has 0 saturated heterocycles. The van der Waals surface area contributed by atoms with Crippen LogP contribution in [0, 0.1) is 5.92 Å². The predicted molar refractivity (Wildman–Crippen MR) is 108 cm³/mol. The molecule has 0 atom stereocenters. The van der Waals surface area contributed by atoms with Crippen molar-refractivity contribution >= 4 is 39.0 Å². The van der Waals surface area contributed by atoms with Crippen LogP contribution in [0.25, 0.3) is 10.1 Å². The minimum atomic E-state index is -0.564. The minimum absolute atomic E-state index is 0.00589. The van der Waals surface area contributed by atoms with Crippen molar-refractivity contribution in [1.82, 2.24) is 0 Å². The summed E-state index contributed by atoms with van der Waals surface area (Å²) >= 11 is 1.17. The molecule has 7 nitrogen and oxygen atoms in total. The highest BCUT2D eigenvalue weighted by Gasteiger charge is 2.37. The van der Waals surface area contributed by atoms with Crippen LogP contribution in [-0.4, -0.2) is 45.5 Å². The van der Waals surface area contributed by atoms with Gasteiger partial charge in [-0.2, -0.15) is 0 Å². The molecular weight excluding hydrogens is 396 g/mol. The van der Waals surface area contributed by atoms with Gasteiger partial charge in [0.2, 0.25) is 5.78 Å². The van der Waals surface area contributed by atoms with E-state index >= 15 is 0 Å². The van der Waals surface area contributed by atoms with E-state index in [0.717, 1.165) is 12.8 Å². The van der Waals surface area contributed by atoms with Gasteiger partial charge in [0, 0.05) is 10.6 Å². The van der Waals surface area contributed by atoms with Gasteiger partial charge in [0.05, 0.1) is 39.6 Å². The van der Waals surface area contributed by atoms with Crippen LogP contribution in [-0.2, 0) is 14.3 Å². The third-order valence-corrected chi connectivity index (χ3v) is 5.75. The second kappa shape index (κ2) is 8.65. The van der Waals surface area contributed by atoms with Crippen LogP contribution in [0.15, 0.2) is 24.0 Å². The highest BCUT2D eigenvalue weighted by molar-refractivity contribution is 7.21. The Bertz CT molecular complexity index is 998. The summed E-state index contributed by atoms with van der Waals surface area (Å²) in [5.41, 5.74) is 0.225. The maximum atomic E-state index is 13.3. The Kier molecular flexibility index (Phi) is 6.22. The van der Waals surface area contributed by atoms with Gasteiger partial charge < -0.3 is 18.9 Å². The molecule has 2 aromatic rings. The first kappa shape index (κ1) is 20.9. The molecule has 0 spiro atoms. The van der Waals surface area contributed by atoms with E-state index < -0.39 is 11.8 Å². The summed E-state index contributed by atoms with van der Waals surface area (Å²) in [6, 6.07) is 3.27. The van der Waals surface area contributed by atoms with Gasteiger partial charge in [0.1, 0.15) is 21.8 Å². The molecule has 0 N–H and O–H groups in total. The molecule has 0 amide bonds. The number of fused-ring (bicyclic) bond motifs is 1. The second-order valence-electron chi connectivity index (χ2n) is 6.43. The van der Waals surface area contributed by atoms with Crippen LogP contribution in [0.4, 0.5) is 0 Å². The molecule has 154 valence electrons. The molecular formula is C21H22O7S. The molecule has 1 aliphatic rings. The van der Waals surface area contributed by atoms with E-state index in [0.29, 0.717) is 16.7 Å². The van der Waals surface area contributed by atoms with Crippen LogP contribution in [0.3, 0.4) is 0 Å². The summed E-state index contributed by atoms with van der Waals surface area (Å²) < 4.78 is 21.7. The number of carbonyl (C=O) groups is 3. The molecule has 0 radical (unpaired) electrons. The smallest absolute Gasteiger partial charge is 0.341 e. The molecule has 1 heterocycles. The van der Waals surface area contributed by atoms with E-state index in [9.17, 15) is 14.4 Å². The Hall–Kier alpha value is -2.87. The minimum Gasteiger partial charge on any atom is -0.501 e. The van der Waals surface area contributed by atoms with Gasteiger partial charge in [-0.3, -0.25) is 9.59 Å². The molecule has 1 aliphatic carbocycles. The van der Waals surface area contributed by atoms with Gasteiger partial charge in [-0.15, -0.1) is 11.3 Å². The fourth-order valence-corrected chi connectivity index (χ4v) is 4.16. The van der Waals surface area contributed by atoms with Crippen LogP contribution >= 0.6 is 11.3 Å². The Morgan fingerprint density at radius 3 is 2.34 bits per heavy atom. The zero-order valence-corrected chi connectivity index (χ0v) is 17.5. The molecule has 0 aliphatic heterocycles. The van der Waals surface area contributed by atoms with Crippen molar-refractivity contribution in [2.75, 3.05) is 27.9 Å². The van der Waals surface area contributed by atoms with Gasteiger partial charge >= 0.3 is 5.97 Å². The number of allylic oxidation sites excluding steroid dienone is 1. The third-order valence-electron chi connectivity index (χ3n) is 4.61. The van der Waals surface area contributed by atoms with Crippen molar-refractivity contribution in [1.29, 1.82) is 0 Å². The van der Waals surface area contributed by atoms with Crippen LogP contribution in [0.2, 0.25) is 0 Å². The number of benzene rings is 1. The maximum absolute atomic E-state index is 13.3. The highest BCUT2D eigenvalue weighted by atomic mass is 32.1. The van der Waals surface area contributed by atoms with Crippen LogP contribution < -0.4 is 9.47 Å². The topological polar surface area (TPSA) is 88.1 Å². The van der Waals surface area contributed by atoms with Gasteiger partial charge in [0.25, 0.3) is 0 Å². The SMILES string of the molecule is CCOC=C(C(=O)c1sc2ccc(C(=O)OC)c(OC)c2c1OC)C(=O)C1CC1. The van der Waals surface area contributed by atoms with E-state index in [1.54, 1.807) is 19.1 Å². The average Bonchev–Trinajstić information content (AvgIpc) is 3.52. The fourth-order valence-electron chi connectivity index (χ4n) is 3.04. The molecule has 29 heavy (non-hydrogen) atoms. The molecule has 1 saturated carbocycles. The number of methoxy groups -OCH3 is 3. The standard InChI is InChI=1S/C21H22O7S/c1-5-28-10-13(16(22)11-6-7-11)17(23)20-19(26-3)15-14(29-20)9-8-12(18(15)25-2)21(24)27-4/h8-11H,5-7H2,1-4H3. The Morgan fingerprint density at radius 1 is 1.10 bits per heavy atom. The Labute approximate surface area is 172 Å². The highest BCUT2D eigenvalue weighted by Crippen LogP contribution is 2.46. The van der Waals surface area contributed by atoms with Gasteiger partial charge in [-0.05, 0) is 31.9 Å². The van der Waals surface area contributed by atoms with Gasteiger partial charge in [-0.25, -0.2) is 4.79 Å². The summed E-state index contributed by atoms with van der Waals surface area (Å²) in [5.74, 6) is -0.869. The lowest BCUT2D eigenvalue weighted by atomic mass is 10.0. The number of thiophene rings is 1. The van der Waals surface area contributed by atoms with Crippen molar-refractivity contribution in [3.05, 3.63) is 34.4 Å². The number of rotatable bonds is 9. The maximum Gasteiger partial charge on any atom is 0.341 e. The molecule has 0 bridgehead atoms. The van der Waals surface area contributed by atoms with Crippen molar-refractivity contribution in [3.8, 4) is 11.5 Å². The Morgan fingerprint density at radius 2 is 1.79 bits per heavy atom. The molecule has 8 heteroatoms. The summed E-state index contributed by atoms with van der Waals surface area (Å²) in [7, 11) is 4.13. The monoisotopic (exact) mass is 418 g/mol. The molecule has 1 aromatic heterocycles. The molecule has 1 aromatic carbocycles. The van der Waals surface area contributed by atoms with Crippen molar-refractivity contribution in [3.63, 3.8) is 0 Å². The zero-order valence-electron chi connectivity index (χ0n) is 16.7. The molecule has 3 rings (SSSR count). The quantitative estimate of drug-likeness (QED) is 0.153. The normalized spacial score (nSPS) is 13.9. The lowest BCUT2D eigenvalue weighted by Gasteiger charge is -2.10. The van der Waals surface area contributed by atoms with Gasteiger partial charge in [-0.1, -0.05) is 0 Å². The van der Waals surface area contributed by atoms with E-state index in [1.165, 1.54) is 38.9 Å². The van der Waals surface area contributed by atoms with Gasteiger partial charge in [0.15, 0.2) is 11.5 Å². The number of ether oxygens (including phenoxy) is 4. The van der Waals surface area contributed by atoms with E-state index in [1.807, 2.05) is 0 Å². The number of esters is 1. The number of hydrogen-bond donors (Lipinski definition) is 0. The van der Waals surface area contributed by atoms with Crippen molar-refractivity contribution < 1.29 is 33.3 Å². The van der Waals surface area contributed by atoms with E-state index in [2.05, 4.69) is 0 Å². The second-order valence-corrected chi connectivity index (χ2v) is 7.48. The largest absolute Gasteiger partial charge is 0.501 e. The first-order chi connectivity index (χ1) is 14.0. The van der Waals surface area contributed by atoms with Crippen LogP contribution in [0.1, 0.15) is 39.8 Å². The summed E-state index contributed by atoms with van der Waals surface area (Å²) in [6.07, 6.45) is 2.79. The van der Waals surface area contributed by atoms with Crippen LogP contribution in [0.5, 0.6) is 11.5 Å².